The molecule has 6 N–H and O–H groups in total. The van der Waals surface area contributed by atoms with E-state index >= 15 is 0 Å². The minimum atomic E-state index is -4.96. The second kappa shape index (κ2) is 12.0. The van der Waals surface area contributed by atoms with Crippen molar-refractivity contribution in [1.29, 1.82) is 0 Å². The Morgan fingerprint density at radius 3 is 2.30 bits per heavy atom. The van der Waals surface area contributed by atoms with E-state index in [1.54, 1.807) is 6.92 Å². The van der Waals surface area contributed by atoms with E-state index in [9.17, 15) is 28.8 Å². The molecule has 0 amide bonds. The maximum absolute atomic E-state index is 13.5. The van der Waals surface area contributed by atoms with E-state index in [1.165, 1.54) is 28.1 Å². The maximum atomic E-state index is 13.5. The van der Waals surface area contributed by atoms with E-state index < -0.39 is 83.3 Å². The summed E-state index contributed by atoms with van der Waals surface area (Å²) in [6, 6.07) is 0. The number of fused-ring (bicyclic) bond motifs is 5. The molecule has 7 rings (SSSR count). The maximum Gasteiger partial charge on any atom is 0.472 e. The van der Waals surface area contributed by atoms with Crippen molar-refractivity contribution in [3.63, 3.8) is 0 Å². The molecule has 3 aliphatic heterocycles. The molecular formula is C24H31N9O12P2. The fraction of sp³-hybridized carbons (Fsp3) is 0.583. The van der Waals surface area contributed by atoms with E-state index in [0.29, 0.717) is 12.8 Å². The van der Waals surface area contributed by atoms with Gasteiger partial charge in [0, 0.05) is 5.92 Å². The van der Waals surface area contributed by atoms with Gasteiger partial charge in [-0.2, -0.15) is 0 Å². The first-order valence-electron chi connectivity index (χ1n) is 14.5. The van der Waals surface area contributed by atoms with E-state index in [2.05, 4.69) is 29.9 Å². The number of H-pyrrole nitrogens is 1. The van der Waals surface area contributed by atoms with Gasteiger partial charge in [-0.3, -0.25) is 32.0 Å². The molecule has 0 aromatic carbocycles. The van der Waals surface area contributed by atoms with Crippen molar-refractivity contribution in [3.8, 4) is 0 Å². The van der Waals surface area contributed by atoms with Crippen LogP contribution in [0.5, 0.6) is 0 Å². The number of hydrogen-bond acceptors (Lipinski definition) is 16. The zero-order valence-corrected chi connectivity index (χ0v) is 26.6. The molecule has 0 spiro atoms. The molecule has 0 aliphatic carbocycles. The van der Waals surface area contributed by atoms with Gasteiger partial charge in [0.1, 0.15) is 42.1 Å². The summed E-state index contributed by atoms with van der Waals surface area (Å²) in [4.78, 5) is 57.5. The van der Waals surface area contributed by atoms with Gasteiger partial charge < -0.3 is 35.1 Å². The highest BCUT2D eigenvalue weighted by Crippen LogP contribution is 2.55. The van der Waals surface area contributed by atoms with Crippen LogP contribution in [0.2, 0.25) is 0 Å². The average molecular weight is 700 g/mol. The summed E-state index contributed by atoms with van der Waals surface area (Å²) in [5.74, 6) is -0.328. The molecule has 2 bridgehead atoms. The lowest BCUT2D eigenvalue weighted by Crippen LogP contribution is -2.36. The van der Waals surface area contributed by atoms with Crippen molar-refractivity contribution in [2.24, 2.45) is 5.92 Å². The summed E-state index contributed by atoms with van der Waals surface area (Å²) in [6.07, 6.45) is -4.68. The van der Waals surface area contributed by atoms with Crippen LogP contribution in [0.3, 0.4) is 0 Å². The first-order chi connectivity index (χ1) is 22.4. The van der Waals surface area contributed by atoms with Gasteiger partial charge in [0.2, 0.25) is 0 Å². The number of aryl methyl sites for hydroxylation is 1. The van der Waals surface area contributed by atoms with Crippen LogP contribution in [0.4, 0.5) is 5.82 Å². The van der Waals surface area contributed by atoms with Crippen LogP contribution in [0.1, 0.15) is 38.0 Å². The number of nitrogens with one attached hydrogen (secondary N) is 1. The minimum Gasteiger partial charge on any atom is -0.386 e. The summed E-state index contributed by atoms with van der Waals surface area (Å²) in [5.41, 5.74) is 5.87. The monoisotopic (exact) mass is 699 g/mol. The fourth-order valence-electron chi connectivity index (χ4n) is 6.18. The third kappa shape index (κ3) is 5.91. The van der Waals surface area contributed by atoms with Crippen LogP contribution >= 0.6 is 15.6 Å². The number of anilines is 1. The van der Waals surface area contributed by atoms with Gasteiger partial charge >= 0.3 is 15.6 Å². The SMILES string of the molecule is CCCC1[C@H]2COP(=O)(O)O[C@@H]3C(O)[C@H](n4cnc5c(N)ncnc54)O[C@@H]3COP(=O)(O)O[C@@H]1[C@H](n1cnc3c(=O)[nH]c(C)nc31)O2. The van der Waals surface area contributed by atoms with E-state index in [-0.39, 0.29) is 34.0 Å². The Morgan fingerprint density at radius 2 is 1.57 bits per heavy atom. The van der Waals surface area contributed by atoms with Gasteiger partial charge in [-0.25, -0.2) is 34.0 Å². The second-order valence-electron chi connectivity index (χ2n) is 11.3. The number of nitrogens with two attached hydrogens (primary N) is 1. The lowest BCUT2D eigenvalue weighted by atomic mass is 9.93. The number of phosphoric acid groups is 2. The average Bonchev–Trinajstić information content (AvgIpc) is 3.76. The second-order valence-corrected chi connectivity index (χ2v) is 14.1. The quantitative estimate of drug-likeness (QED) is 0.181. The summed E-state index contributed by atoms with van der Waals surface area (Å²) >= 11 is 0. The number of rotatable bonds is 4. The number of hydrogen-bond donors (Lipinski definition) is 5. The Kier molecular flexibility index (Phi) is 8.29. The number of imidazole rings is 2. The van der Waals surface area contributed by atoms with Gasteiger partial charge in [-0.15, -0.1) is 0 Å². The molecule has 4 aromatic rings. The molecule has 4 aromatic heterocycles. The summed E-state index contributed by atoms with van der Waals surface area (Å²) in [5, 5.41) is 11.2. The van der Waals surface area contributed by atoms with Crippen LogP contribution in [0, 0.1) is 12.8 Å². The number of aromatic amines is 1. The van der Waals surface area contributed by atoms with Gasteiger partial charge in [0.15, 0.2) is 35.1 Å². The summed E-state index contributed by atoms with van der Waals surface area (Å²) < 4.78 is 63.6. The van der Waals surface area contributed by atoms with Crippen molar-refractivity contribution in [3.05, 3.63) is 35.2 Å². The molecule has 3 fully saturated rings. The van der Waals surface area contributed by atoms with Crippen molar-refractivity contribution in [2.45, 2.75) is 69.7 Å². The van der Waals surface area contributed by atoms with Gasteiger partial charge in [0.25, 0.3) is 5.56 Å². The topological polar surface area (TPSA) is 283 Å². The molecule has 10 atom stereocenters. The zero-order chi connectivity index (χ0) is 33.2. The third-order valence-electron chi connectivity index (χ3n) is 8.23. The zero-order valence-electron chi connectivity index (χ0n) is 24.8. The molecule has 3 aliphatic rings. The Hall–Kier alpha value is -3.20. The standard InChI is InChI=1S/C24H31N9O12P2/c1-3-4-11-12-5-40-47(38,39)45-18-13(43-23(16(18)34)32-8-28-14-19(25)26-7-27-20(14)32)6-41-46(36,37)44-17(11)24(42-12)33-9-29-15-21(33)30-10(2)31-22(15)35/h7-9,11-13,16-18,23-24,34H,3-6H2,1-2H3,(H,36,37)(H,38,39)(H2,25,26,27)(H,30,31,35)/t11?,12-,13-,16?,17+,18+,23-,24-/m1/s1. The molecule has 4 unspecified atom stereocenters. The smallest absolute Gasteiger partial charge is 0.386 e. The number of aromatic nitrogens is 8. The molecule has 0 radical (unpaired) electrons. The summed E-state index contributed by atoms with van der Waals surface area (Å²) in [6.45, 7) is 2.18. The van der Waals surface area contributed by atoms with E-state index in [4.69, 9.17) is 33.3 Å². The Balaban J connectivity index is 1.23. The van der Waals surface area contributed by atoms with Crippen molar-refractivity contribution in [2.75, 3.05) is 18.9 Å². The first-order valence-corrected chi connectivity index (χ1v) is 17.5. The molecule has 7 heterocycles. The fourth-order valence-corrected chi connectivity index (χ4v) is 8.11. The van der Waals surface area contributed by atoms with Crippen LogP contribution in [-0.2, 0) is 36.7 Å². The number of aliphatic hydroxyl groups excluding tert-OH is 1. The Bertz CT molecular complexity index is 1970. The number of phosphoric ester groups is 2. The minimum absolute atomic E-state index is 0.00635. The highest BCUT2D eigenvalue weighted by molar-refractivity contribution is 7.47. The van der Waals surface area contributed by atoms with Crippen molar-refractivity contribution in [1.82, 2.24) is 39.0 Å². The number of ether oxygens (including phenoxy) is 2. The number of aliphatic hydroxyl groups is 1. The lowest BCUT2D eigenvalue weighted by molar-refractivity contribution is -0.0671. The predicted octanol–water partition coefficient (Wildman–Crippen LogP) is 0.440. The molecule has 0 saturated carbocycles. The van der Waals surface area contributed by atoms with Crippen LogP contribution in [-0.4, -0.2) is 97.7 Å². The van der Waals surface area contributed by atoms with Crippen LogP contribution in [0.15, 0.2) is 23.8 Å². The highest BCUT2D eigenvalue weighted by atomic mass is 31.2. The van der Waals surface area contributed by atoms with Crippen molar-refractivity contribution < 1.29 is 51.6 Å². The Morgan fingerprint density at radius 1 is 0.936 bits per heavy atom. The normalized spacial score (nSPS) is 36.6. The predicted molar refractivity (Wildman–Crippen MR) is 156 cm³/mol. The van der Waals surface area contributed by atoms with Gasteiger partial charge in [-0.1, -0.05) is 13.3 Å². The largest absolute Gasteiger partial charge is 0.472 e. The van der Waals surface area contributed by atoms with E-state index in [1.807, 2.05) is 6.92 Å². The number of nitrogens with zero attached hydrogens (tertiary/aromatic N) is 7. The first kappa shape index (κ1) is 32.4. The van der Waals surface area contributed by atoms with Gasteiger partial charge in [-0.05, 0) is 13.3 Å². The lowest BCUT2D eigenvalue weighted by Gasteiger charge is -2.27. The third-order valence-corrected chi connectivity index (χ3v) is 10.2. The highest BCUT2D eigenvalue weighted by Gasteiger charge is 2.54. The molecule has 23 heteroatoms. The molecular weight excluding hydrogens is 668 g/mol. The molecule has 3 saturated heterocycles. The van der Waals surface area contributed by atoms with Crippen LogP contribution < -0.4 is 11.3 Å². The van der Waals surface area contributed by atoms with Crippen molar-refractivity contribution >= 4 is 43.8 Å². The number of nitrogen functional groups attached to an aromatic ring is 1. The molecule has 21 nitrogen and oxygen atoms in total. The van der Waals surface area contributed by atoms with Gasteiger partial charge in [0.05, 0.1) is 32.0 Å². The Labute approximate surface area is 264 Å². The van der Waals surface area contributed by atoms with Crippen LogP contribution in [0.25, 0.3) is 22.3 Å². The molecule has 254 valence electrons. The van der Waals surface area contributed by atoms with E-state index in [0.717, 1.165) is 0 Å². The summed E-state index contributed by atoms with van der Waals surface area (Å²) in [7, 11) is -9.91. The molecule has 47 heavy (non-hydrogen) atoms.